The third kappa shape index (κ3) is 8.88. The van der Waals surface area contributed by atoms with Crippen molar-refractivity contribution in [1.29, 1.82) is 0 Å². The summed E-state index contributed by atoms with van der Waals surface area (Å²) < 4.78 is 30.8. The van der Waals surface area contributed by atoms with Crippen LogP contribution in [0.3, 0.4) is 0 Å². The zero-order valence-corrected chi connectivity index (χ0v) is 28.3. The molecule has 5 rings (SSSR count). The maximum absolute atomic E-state index is 14.4. The van der Waals surface area contributed by atoms with Crippen LogP contribution in [0, 0.1) is 5.82 Å². The molecule has 5 aromatic carbocycles. The van der Waals surface area contributed by atoms with E-state index >= 15 is 0 Å². The molecule has 0 aromatic heterocycles. The molecule has 1 unspecified atom stereocenters. The highest BCUT2D eigenvalue weighted by Crippen LogP contribution is 2.38. The Balaban J connectivity index is 1.44. The van der Waals surface area contributed by atoms with Crippen LogP contribution in [-0.4, -0.2) is 39.1 Å². The molecule has 9 nitrogen and oxygen atoms in total. The van der Waals surface area contributed by atoms with Gasteiger partial charge in [-0.1, -0.05) is 66.7 Å². The summed E-state index contributed by atoms with van der Waals surface area (Å²) in [6.07, 6.45) is 1.48. The lowest BCUT2D eigenvalue weighted by molar-refractivity contribution is -0.116. The van der Waals surface area contributed by atoms with Crippen LogP contribution in [0.25, 0.3) is 6.08 Å². The number of hydrogen-bond acceptors (Lipinski definition) is 7. The third-order valence-electron chi connectivity index (χ3n) is 7.38. The van der Waals surface area contributed by atoms with Crippen LogP contribution in [0.5, 0.6) is 17.2 Å². The van der Waals surface area contributed by atoms with Gasteiger partial charge in [0.2, 0.25) is 5.91 Å². The smallest absolute Gasteiger partial charge is 0.272 e. The molecule has 5 aromatic rings. The summed E-state index contributed by atoms with van der Waals surface area (Å²) in [5.74, 6) is -0.889. The lowest BCUT2D eigenvalue weighted by Crippen LogP contribution is -2.30. The Bertz CT molecular complexity index is 2010. The van der Waals surface area contributed by atoms with Crippen LogP contribution in [0.1, 0.15) is 26.7 Å². The lowest BCUT2D eigenvalue weighted by atomic mass is 10.1. The second-order valence-corrected chi connectivity index (χ2v) is 11.9. The molecule has 1 atom stereocenters. The van der Waals surface area contributed by atoms with Crippen molar-refractivity contribution in [2.24, 2.45) is 0 Å². The Morgan fingerprint density at radius 3 is 2.02 bits per heavy atom. The quantitative estimate of drug-likeness (QED) is 0.0855. The number of anilines is 2. The molecular weight excluding hydrogens is 658 g/mol. The summed E-state index contributed by atoms with van der Waals surface area (Å²) in [6, 6.07) is 33.8. The number of halogens is 1. The second kappa shape index (κ2) is 16.8. The summed E-state index contributed by atoms with van der Waals surface area (Å²) in [4.78, 5) is 41.3. The predicted molar refractivity (Wildman–Crippen MR) is 193 cm³/mol. The van der Waals surface area contributed by atoms with E-state index in [-0.39, 0.29) is 11.4 Å². The number of methoxy groups -OCH3 is 3. The van der Waals surface area contributed by atoms with Crippen LogP contribution < -0.4 is 30.2 Å². The van der Waals surface area contributed by atoms with Crippen molar-refractivity contribution in [3.8, 4) is 17.2 Å². The van der Waals surface area contributed by atoms with E-state index < -0.39 is 28.8 Å². The zero-order chi connectivity index (χ0) is 35.5. The van der Waals surface area contributed by atoms with Gasteiger partial charge in [-0.3, -0.25) is 14.4 Å². The van der Waals surface area contributed by atoms with Gasteiger partial charge in [0, 0.05) is 27.8 Å². The maximum atomic E-state index is 14.4. The number of ether oxygens (including phenoxy) is 3. The number of thioether (sulfide) groups is 1. The molecule has 0 aliphatic carbocycles. The van der Waals surface area contributed by atoms with E-state index in [1.165, 1.54) is 51.3 Å². The lowest BCUT2D eigenvalue weighted by Gasteiger charge is -2.18. The first-order valence-corrected chi connectivity index (χ1v) is 16.2. The first-order valence-electron chi connectivity index (χ1n) is 15.4. The zero-order valence-electron chi connectivity index (χ0n) is 27.4. The molecule has 0 bridgehead atoms. The van der Waals surface area contributed by atoms with Crippen molar-refractivity contribution in [2.45, 2.75) is 10.1 Å². The largest absolute Gasteiger partial charge is 0.496 e. The van der Waals surface area contributed by atoms with E-state index in [9.17, 15) is 18.8 Å². The highest BCUT2D eigenvalue weighted by Gasteiger charge is 2.24. The van der Waals surface area contributed by atoms with E-state index in [1.807, 2.05) is 30.3 Å². The fraction of sp³-hybridized carbons (Fsp3) is 0.103. The molecule has 0 spiro atoms. The van der Waals surface area contributed by atoms with Gasteiger partial charge >= 0.3 is 0 Å². The highest BCUT2D eigenvalue weighted by atomic mass is 32.2. The highest BCUT2D eigenvalue weighted by molar-refractivity contribution is 8.00. The fourth-order valence-corrected chi connectivity index (χ4v) is 5.99. The van der Waals surface area contributed by atoms with Gasteiger partial charge < -0.3 is 30.2 Å². The van der Waals surface area contributed by atoms with Crippen LogP contribution >= 0.6 is 11.8 Å². The number of benzene rings is 5. The average Bonchev–Trinajstić information content (AvgIpc) is 3.15. The predicted octanol–water partition coefficient (Wildman–Crippen LogP) is 7.73. The van der Waals surface area contributed by atoms with Gasteiger partial charge in [0.15, 0.2) is 11.5 Å². The minimum absolute atomic E-state index is 0.0722. The average molecular weight is 692 g/mol. The molecule has 0 heterocycles. The molecular formula is C39H34FN3O6S. The van der Waals surface area contributed by atoms with E-state index in [0.717, 1.165) is 0 Å². The fourth-order valence-electron chi connectivity index (χ4n) is 4.91. The van der Waals surface area contributed by atoms with Crippen LogP contribution in [-0.2, 0) is 9.59 Å². The van der Waals surface area contributed by atoms with Gasteiger partial charge in [-0.15, -0.1) is 11.8 Å². The van der Waals surface area contributed by atoms with Crippen LogP contribution in [0.15, 0.2) is 132 Å². The summed E-state index contributed by atoms with van der Waals surface area (Å²) >= 11 is 1.24. The Hall–Kier alpha value is -6.07. The molecule has 50 heavy (non-hydrogen) atoms. The Labute approximate surface area is 293 Å². The van der Waals surface area contributed by atoms with Gasteiger partial charge in [0.1, 0.15) is 22.5 Å². The first-order chi connectivity index (χ1) is 24.3. The number of amides is 3. The van der Waals surface area contributed by atoms with Crippen molar-refractivity contribution in [2.75, 3.05) is 32.0 Å². The van der Waals surface area contributed by atoms with E-state index in [2.05, 4.69) is 16.0 Å². The monoisotopic (exact) mass is 691 g/mol. The molecule has 0 fully saturated rings. The minimum atomic E-state index is -0.750. The van der Waals surface area contributed by atoms with Gasteiger partial charge in [0.05, 0.1) is 27.0 Å². The summed E-state index contributed by atoms with van der Waals surface area (Å²) in [7, 11) is 4.46. The number of hydrogen-bond donors (Lipinski definition) is 3. The minimum Gasteiger partial charge on any atom is -0.496 e. The summed E-state index contributed by atoms with van der Waals surface area (Å²) in [6.45, 7) is 0. The molecule has 0 saturated heterocycles. The molecule has 0 aliphatic rings. The number of carbonyl (C=O) groups is 3. The second-order valence-electron chi connectivity index (χ2n) is 10.7. The number of rotatable bonds is 13. The molecule has 11 heteroatoms. The summed E-state index contributed by atoms with van der Waals surface area (Å²) in [5.41, 5.74) is 1.90. The first kappa shape index (κ1) is 35.2. The van der Waals surface area contributed by atoms with Gasteiger partial charge in [-0.25, -0.2) is 4.39 Å². The van der Waals surface area contributed by atoms with Crippen LogP contribution in [0.4, 0.5) is 15.8 Å². The van der Waals surface area contributed by atoms with Crippen molar-refractivity contribution in [1.82, 2.24) is 5.32 Å². The number of carbonyl (C=O) groups excluding carboxylic acids is 3. The molecule has 0 radical (unpaired) electrons. The van der Waals surface area contributed by atoms with Crippen molar-refractivity contribution in [3.05, 3.63) is 150 Å². The Morgan fingerprint density at radius 1 is 0.700 bits per heavy atom. The molecule has 3 N–H and O–H groups in total. The summed E-state index contributed by atoms with van der Waals surface area (Å²) in [5, 5.41) is 7.52. The van der Waals surface area contributed by atoms with Gasteiger partial charge in [0.25, 0.3) is 11.8 Å². The van der Waals surface area contributed by atoms with Crippen molar-refractivity contribution in [3.63, 3.8) is 0 Å². The van der Waals surface area contributed by atoms with Crippen molar-refractivity contribution >= 4 is 46.9 Å². The normalized spacial score (nSPS) is 11.6. The van der Waals surface area contributed by atoms with E-state index in [0.29, 0.717) is 44.5 Å². The Kier molecular flexibility index (Phi) is 11.9. The molecule has 0 saturated carbocycles. The van der Waals surface area contributed by atoms with Gasteiger partial charge in [-0.2, -0.15) is 0 Å². The third-order valence-corrected chi connectivity index (χ3v) is 8.63. The van der Waals surface area contributed by atoms with Crippen LogP contribution in [0.2, 0.25) is 0 Å². The number of para-hydroxylation sites is 1. The molecule has 254 valence electrons. The SMILES string of the molecule is COc1cc(OC)c(OC)cc1/C=C(/NC(=O)c1ccccc1)C(=O)Nc1cccc(SC(C(=O)Nc2ccccc2F)c2ccccc2)c1. The number of nitrogens with one attached hydrogen (secondary N) is 3. The molecule has 0 aliphatic heterocycles. The van der Waals surface area contributed by atoms with E-state index in [4.69, 9.17) is 14.2 Å². The van der Waals surface area contributed by atoms with E-state index in [1.54, 1.807) is 78.9 Å². The maximum Gasteiger partial charge on any atom is 0.272 e. The Morgan fingerprint density at radius 2 is 1.34 bits per heavy atom. The standard InChI is InChI=1S/C39H34FN3O6S/c1-47-33-24-35(49-3)34(48-2)22-27(33)21-32(43-37(44)26-15-8-5-9-16-26)38(45)41-28-17-12-18-29(23-28)50-36(25-13-6-4-7-14-25)39(46)42-31-20-11-10-19-30(31)40/h4-24,36H,1-3H3,(H,41,45)(H,42,46)(H,43,44)/b32-21+. The van der Waals surface area contributed by atoms with Gasteiger partial charge in [-0.05, 0) is 60.2 Å². The topological polar surface area (TPSA) is 115 Å². The van der Waals surface area contributed by atoms with Crippen molar-refractivity contribution < 1.29 is 33.0 Å². The molecule has 3 amide bonds.